The van der Waals surface area contributed by atoms with Crippen molar-refractivity contribution in [2.75, 3.05) is 26.2 Å². The molecule has 0 aliphatic heterocycles. The van der Waals surface area contributed by atoms with Crippen LogP contribution in [0.25, 0.3) is 0 Å². The number of nitrogens with zero attached hydrogens (tertiary/aromatic N) is 1. The predicted octanol–water partition coefficient (Wildman–Crippen LogP) is 3.14. The highest BCUT2D eigenvalue weighted by atomic mass is 79.9. The number of halogens is 1. The summed E-state index contributed by atoms with van der Waals surface area (Å²) in [7, 11) is 3.85. The molecule has 0 aliphatic rings. The molecule has 16 heavy (non-hydrogen) atoms. The van der Waals surface area contributed by atoms with Crippen molar-refractivity contribution in [3.8, 4) is 5.75 Å². The Labute approximate surface area is 107 Å². The van der Waals surface area contributed by atoms with Crippen LogP contribution < -0.4 is 4.74 Å². The number of rotatable bonds is 5. The fourth-order valence-corrected chi connectivity index (χ4v) is 2.14. The zero-order valence-electron chi connectivity index (χ0n) is 10.5. The van der Waals surface area contributed by atoms with Gasteiger partial charge in [0.25, 0.3) is 0 Å². The van der Waals surface area contributed by atoms with Crippen molar-refractivity contribution in [1.82, 2.24) is 4.90 Å². The van der Waals surface area contributed by atoms with Crippen molar-refractivity contribution >= 4 is 15.9 Å². The highest BCUT2D eigenvalue weighted by Gasteiger charge is 2.08. The number of methoxy groups -OCH3 is 1. The average Bonchev–Trinajstić information content (AvgIpc) is 2.25. The summed E-state index contributed by atoms with van der Waals surface area (Å²) in [6.07, 6.45) is 1.02. The molecule has 2 nitrogen and oxygen atoms in total. The minimum Gasteiger partial charge on any atom is -0.496 e. The number of aryl methyl sites for hydroxylation is 2. The van der Waals surface area contributed by atoms with Gasteiger partial charge in [-0.25, -0.2) is 0 Å². The van der Waals surface area contributed by atoms with Gasteiger partial charge in [-0.2, -0.15) is 0 Å². The molecule has 0 unspecified atom stereocenters. The van der Waals surface area contributed by atoms with Gasteiger partial charge in [-0.1, -0.05) is 33.6 Å². The number of likely N-dealkylation sites (N-methyl/N-ethyl adjacent to an activating group) is 1. The molecule has 0 atom stereocenters. The molecule has 1 aromatic rings. The van der Waals surface area contributed by atoms with Crippen molar-refractivity contribution in [3.63, 3.8) is 0 Å². The van der Waals surface area contributed by atoms with Gasteiger partial charge in [0, 0.05) is 6.54 Å². The van der Waals surface area contributed by atoms with E-state index in [0.29, 0.717) is 0 Å². The Morgan fingerprint density at radius 2 is 2.00 bits per heavy atom. The lowest BCUT2D eigenvalue weighted by atomic mass is 10.0. The second kappa shape index (κ2) is 6.26. The zero-order chi connectivity index (χ0) is 12.1. The van der Waals surface area contributed by atoms with Crippen molar-refractivity contribution in [1.29, 1.82) is 0 Å². The Kier molecular flexibility index (Phi) is 5.29. The van der Waals surface area contributed by atoms with Crippen molar-refractivity contribution in [3.05, 3.63) is 28.8 Å². The van der Waals surface area contributed by atoms with Gasteiger partial charge in [0.15, 0.2) is 0 Å². The van der Waals surface area contributed by atoms with Crippen LogP contribution in [0.15, 0.2) is 12.1 Å². The van der Waals surface area contributed by atoms with E-state index in [1.54, 1.807) is 7.11 Å². The molecule has 0 saturated heterocycles. The number of alkyl halides is 1. The summed E-state index contributed by atoms with van der Waals surface area (Å²) < 4.78 is 5.47. The molecule has 0 amide bonds. The fraction of sp³-hybridized carbons (Fsp3) is 0.538. The molecule has 0 radical (unpaired) electrons. The Balaban J connectivity index is 2.85. The van der Waals surface area contributed by atoms with Gasteiger partial charge in [-0.15, -0.1) is 0 Å². The molecule has 0 aliphatic carbocycles. The van der Waals surface area contributed by atoms with Gasteiger partial charge >= 0.3 is 0 Å². The van der Waals surface area contributed by atoms with Gasteiger partial charge in [0.2, 0.25) is 0 Å². The van der Waals surface area contributed by atoms with E-state index in [9.17, 15) is 0 Å². The van der Waals surface area contributed by atoms with Gasteiger partial charge < -0.3 is 4.74 Å². The Bertz CT molecular complexity index is 352. The maximum absolute atomic E-state index is 5.47. The number of ether oxygens (including phenoxy) is 1. The molecule has 0 N–H and O–H groups in total. The second-order valence-electron chi connectivity index (χ2n) is 4.22. The summed E-state index contributed by atoms with van der Waals surface area (Å²) in [5.74, 6) is 1.04. The summed E-state index contributed by atoms with van der Waals surface area (Å²) in [6.45, 7) is 5.26. The van der Waals surface area contributed by atoms with Crippen LogP contribution in [-0.4, -0.2) is 31.1 Å². The topological polar surface area (TPSA) is 12.5 Å². The summed E-state index contributed by atoms with van der Waals surface area (Å²) in [4.78, 5) is 2.23. The van der Waals surface area contributed by atoms with E-state index < -0.39 is 0 Å². The first-order valence-corrected chi connectivity index (χ1v) is 6.59. The molecule has 0 spiro atoms. The molecule has 3 heteroatoms. The van der Waals surface area contributed by atoms with Crippen LogP contribution >= 0.6 is 15.9 Å². The van der Waals surface area contributed by atoms with Gasteiger partial charge in [-0.3, -0.25) is 4.90 Å². The fourth-order valence-electron chi connectivity index (χ4n) is 1.89. The highest BCUT2D eigenvalue weighted by Crippen LogP contribution is 2.25. The molecule has 0 bridgehead atoms. The van der Waals surface area contributed by atoms with Gasteiger partial charge in [-0.05, 0) is 38.4 Å². The smallest absolute Gasteiger partial charge is 0.125 e. The first-order chi connectivity index (χ1) is 7.58. The van der Waals surface area contributed by atoms with E-state index in [0.717, 1.165) is 24.2 Å². The molecule has 1 aromatic carbocycles. The summed E-state index contributed by atoms with van der Waals surface area (Å²) in [5.41, 5.74) is 4.72. The second-order valence-corrected chi connectivity index (χ2v) is 4.72. The molecular weight excluding hydrogens is 266 g/mol. The Hall–Kier alpha value is -0.540. The standard InChI is InChI=1S/C13H20BrNO/c1-10-7-11(2)13(16-4)12(8-10)5-6-15(3)9-14/h7-8H,5-6,9H2,1-4H3. The lowest BCUT2D eigenvalue weighted by molar-refractivity contribution is 0.384. The SMILES string of the molecule is COc1c(C)cc(C)cc1CCN(C)CBr. The van der Waals surface area contributed by atoms with Crippen LogP contribution in [0.4, 0.5) is 0 Å². The van der Waals surface area contributed by atoms with E-state index in [1.807, 2.05) is 0 Å². The summed E-state index contributed by atoms with van der Waals surface area (Å²) in [5, 5.41) is 0. The van der Waals surface area contributed by atoms with E-state index in [-0.39, 0.29) is 0 Å². The minimum atomic E-state index is 0.903. The third kappa shape index (κ3) is 3.49. The molecular formula is C13H20BrNO. The van der Waals surface area contributed by atoms with Crippen LogP contribution in [0.2, 0.25) is 0 Å². The lowest BCUT2D eigenvalue weighted by Crippen LogP contribution is -2.19. The van der Waals surface area contributed by atoms with E-state index in [2.05, 4.69) is 53.9 Å². The number of hydrogen-bond acceptors (Lipinski definition) is 2. The highest BCUT2D eigenvalue weighted by molar-refractivity contribution is 9.09. The minimum absolute atomic E-state index is 0.903. The normalized spacial score (nSPS) is 10.9. The van der Waals surface area contributed by atoms with Crippen LogP contribution in [0.3, 0.4) is 0 Å². The molecule has 90 valence electrons. The lowest BCUT2D eigenvalue weighted by Gasteiger charge is -2.16. The molecule has 0 saturated carbocycles. The third-order valence-corrected chi connectivity index (χ3v) is 3.52. The molecule has 1 rings (SSSR count). The van der Waals surface area contributed by atoms with Crippen LogP contribution in [-0.2, 0) is 6.42 Å². The van der Waals surface area contributed by atoms with Crippen LogP contribution in [0.1, 0.15) is 16.7 Å². The van der Waals surface area contributed by atoms with Crippen LogP contribution in [0.5, 0.6) is 5.75 Å². The zero-order valence-corrected chi connectivity index (χ0v) is 12.1. The maximum Gasteiger partial charge on any atom is 0.125 e. The first kappa shape index (κ1) is 13.5. The van der Waals surface area contributed by atoms with E-state index in [4.69, 9.17) is 4.74 Å². The summed E-state index contributed by atoms with van der Waals surface area (Å²) >= 11 is 3.45. The maximum atomic E-state index is 5.47. The number of hydrogen-bond donors (Lipinski definition) is 0. The quantitative estimate of drug-likeness (QED) is 0.609. The van der Waals surface area contributed by atoms with Crippen molar-refractivity contribution in [2.24, 2.45) is 0 Å². The molecule has 0 aromatic heterocycles. The van der Waals surface area contributed by atoms with E-state index in [1.165, 1.54) is 16.7 Å². The molecule has 0 heterocycles. The number of benzene rings is 1. The van der Waals surface area contributed by atoms with Gasteiger partial charge in [0.05, 0.1) is 12.6 Å². The largest absolute Gasteiger partial charge is 0.496 e. The van der Waals surface area contributed by atoms with E-state index >= 15 is 0 Å². The third-order valence-electron chi connectivity index (χ3n) is 2.67. The Morgan fingerprint density at radius 1 is 1.31 bits per heavy atom. The van der Waals surface area contributed by atoms with Crippen LogP contribution in [0, 0.1) is 13.8 Å². The first-order valence-electron chi connectivity index (χ1n) is 5.47. The Morgan fingerprint density at radius 3 is 2.56 bits per heavy atom. The van der Waals surface area contributed by atoms with Gasteiger partial charge in [0.1, 0.15) is 5.75 Å². The van der Waals surface area contributed by atoms with Crippen molar-refractivity contribution in [2.45, 2.75) is 20.3 Å². The summed E-state index contributed by atoms with van der Waals surface area (Å²) in [6, 6.07) is 4.38. The van der Waals surface area contributed by atoms with Crippen molar-refractivity contribution < 1.29 is 4.74 Å². The molecule has 0 fully saturated rings. The average molecular weight is 286 g/mol. The monoisotopic (exact) mass is 285 g/mol. The predicted molar refractivity (Wildman–Crippen MR) is 72.6 cm³/mol.